The molecule has 3 aliphatic rings. The number of rotatable bonds is 14. The Labute approximate surface area is 327 Å². The molecule has 54 heavy (non-hydrogen) atoms. The summed E-state index contributed by atoms with van der Waals surface area (Å²) in [5.41, 5.74) is 5.39. The van der Waals surface area contributed by atoms with Crippen molar-refractivity contribution in [3.63, 3.8) is 0 Å². The average molecular weight is 755 g/mol. The lowest BCUT2D eigenvalue weighted by Gasteiger charge is -2.43. The summed E-state index contributed by atoms with van der Waals surface area (Å²) in [4.78, 5) is 10.8. The summed E-state index contributed by atoms with van der Waals surface area (Å²) in [6.07, 6.45) is 16.0. The van der Waals surface area contributed by atoms with Crippen LogP contribution in [0.2, 0.25) is 5.02 Å². The molecule has 1 aromatic heterocycles. The number of pyridine rings is 1. The molecule has 0 radical (unpaired) electrons. The van der Waals surface area contributed by atoms with Crippen molar-refractivity contribution in [3.05, 3.63) is 93.8 Å². The zero-order valence-electron chi connectivity index (χ0n) is 33.2. The second kappa shape index (κ2) is 17.1. The second-order valence-corrected chi connectivity index (χ2v) is 17.2. The number of aryl methyl sites for hydroxylation is 1. The van der Waals surface area contributed by atoms with Gasteiger partial charge in [-0.3, -0.25) is 4.79 Å². The number of aliphatic carboxylic acids is 1. The molecular weight excluding hydrogens is 697 g/mol. The smallest absolute Gasteiger partial charge is 0.494 e. The first kappa shape index (κ1) is 40.1. The number of nitrogens with zero attached hydrogens (tertiary/aromatic N) is 1. The van der Waals surface area contributed by atoms with Crippen molar-refractivity contribution in [2.75, 3.05) is 7.11 Å². The van der Waals surface area contributed by atoms with Crippen molar-refractivity contribution in [2.24, 2.45) is 23.7 Å². The molecule has 9 heteroatoms. The van der Waals surface area contributed by atoms with Gasteiger partial charge in [-0.15, -0.1) is 0 Å². The Morgan fingerprint density at radius 3 is 2.30 bits per heavy atom. The van der Waals surface area contributed by atoms with Gasteiger partial charge in [-0.2, -0.15) is 0 Å². The summed E-state index contributed by atoms with van der Waals surface area (Å²) in [5.74, 6) is 3.22. The molecule has 4 unspecified atom stereocenters. The van der Waals surface area contributed by atoms with E-state index in [2.05, 4.69) is 107 Å². The quantitative estimate of drug-likeness (QED) is 0.0765. The van der Waals surface area contributed by atoms with Crippen LogP contribution in [0.25, 0.3) is 17.9 Å². The van der Waals surface area contributed by atoms with E-state index in [1.165, 1.54) is 31.3 Å². The molecular formula is C45H58BClNO6+. The number of aromatic nitrogens is 1. The zero-order valence-corrected chi connectivity index (χ0v) is 34.0. The summed E-state index contributed by atoms with van der Waals surface area (Å²) < 4.78 is 27.6. The van der Waals surface area contributed by atoms with Crippen molar-refractivity contribution in [2.45, 2.75) is 117 Å². The first-order valence-corrected chi connectivity index (χ1v) is 20.2. The first-order valence-electron chi connectivity index (χ1n) is 19.8. The van der Waals surface area contributed by atoms with Crippen LogP contribution in [-0.4, -0.2) is 36.5 Å². The molecule has 4 atom stereocenters. The van der Waals surface area contributed by atoms with Crippen LogP contribution in [0.5, 0.6) is 5.75 Å². The number of hydrogen-bond donors (Lipinski definition) is 1. The minimum atomic E-state index is -0.733. The van der Waals surface area contributed by atoms with E-state index in [1.807, 2.05) is 12.1 Å². The van der Waals surface area contributed by atoms with Crippen molar-refractivity contribution < 1.29 is 33.3 Å². The number of methoxy groups -OCH3 is 1. The second-order valence-electron chi connectivity index (χ2n) is 16.9. The maximum Gasteiger partial charge on any atom is 0.494 e. The minimum absolute atomic E-state index is 0.226. The highest BCUT2D eigenvalue weighted by Crippen LogP contribution is 2.51. The van der Waals surface area contributed by atoms with E-state index < -0.39 is 24.3 Å². The lowest BCUT2D eigenvalue weighted by Crippen LogP contribution is -2.41. The van der Waals surface area contributed by atoms with E-state index in [9.17, 15) is 4.79 Å². The predicted molar refractivity (Wildman–Crippen MR) is 217 cm³/mol. The van der Waals surface area contributed by atoms with E-state index >= 15 is 0 Å². The summed E-state index contributed by atoms with van der Waals surface area (Å²) in [5, 5.41) is 9.44. The van der Waals surface area contributed by atoms with E-state index in [-0.39, 0.29) is 6.42 Å². The first-order chi connectivity index (χ1) is 25.7. The number of unbranched alkanes of at least 4 members (excludes halogenated alkanes) is 2. The minimum Gasteiger partial charge on any atom is -0.496 e. The Balaban J connectivity index is 1.25. The molecule has 2 aromatic carbocycles. The molecule has 288 valence electrons. The molecule has 2 saturated carbocycles. The fourth-order valence-electron chi connectivity index (χ4n) is 8.61. The maximum absolute atomic E-state index is 10.8. The highest BCUT2D eigenvalue weighted by Gasteiger charge is 2.51. The van der Waals surface area contributed by atoms with Crippen LogP contribution in [0, 0.1) is 23.7 Å². The van der Waals surface area contributed by atoms with Crippen LogP contribution < -0.4 is 14.8 Å². The lowest BCUT2D eigenvalue weighted by atomic mass is 9.62. The van der Waals surface area contributed by atoms with Gasteiger partial charge in [-0.25, -0.2) is 4.57 Å². The van der Waals surface area contributed by atoms with Gasteiger partial charge < -0.3 is 23.9 Å². The van der Waals surface area contributed by atoms with Crippen molar-refractivity contribution in [3.8, 4) is 5.75 Å². The average Bonchev–Trinajstić information content (AvgIpc) is 3.34. The van der Waals surface area contributed by atoms with Gasteiger partial charge in [0.1, 0.15) is 24.7 Å². The number of allylic oxidation sites excluding steroid dienone is 1. The third kappa shape index (κ3) is 9.26. The third-order valence-electron chi connectivity index (χ3n) is 12.1. The highest BCUT2D eigenvalue weighted by molar-refractivity contribution is 6.62. The topological polar surface area (TPSA) is 78.1 Å². The number of hydrogen-bond acceptors (Lipinski definition) is 5. The fourth-order valence-corrected chi connectivity index (χ4v) is 8.92. The molecule has 2 bridgehead atoms. The van der Waals surface area contributed by atoms with E-state index in [0.29, 0.717) is 41.6 Å². The van der Waals surface area contributed by atoms with E-state index in [0.717, 1.165) is 58.8 Å². The Morgan fingerprint density at radius 1 is 0.926 bits per heavy atom. The summed E-state index contributed by atoms with van der Waals surface area (Å²) in [7, 11) is 1.35. The third-order valence-corrected chi connectivity index (χ3v) is 12.5. The molecule has 3 aromatic rings. The highest BCUT2D eigenvalue weighted by atomic mass is 35.5. The molecule has 2 aliphatic carbocycles. The Kier molecular flexibility index (Phi) is 12.7. The monoisotopic (exact) mass is 754 g/mol. The zero-order chi connectivity index (χ0) is 38.6. The SMILES string of the molecule is CO/C(=C1/C(C)CC2CC(C)CC1C2)c1ccc(/C=C/c2cc[n+](CCCCCC(=O)O)cc2)c(OCc2ccc(B3OC(C)(C)C(C)(C)O3)cc2)c1Cl. The van der Waals surface area contributed by atoms with Crippen LogP contribution in [-0.2, 0) is 32.0 Å². The van der Waals surface area contributed by atoms with E-state index in [1.54, 1.807) is 7.11 Å². The molecule has 3 fully saturated rings. The number of ether oxygens (including phenoxy) is 2. The molecule has 7 nitrogen and oxygen atoms in total. The summed E-state index contributed by atoms with van der Waals surface area (Å²) in [6, 6.07) is 16.6. The Hall–Kier alpha value is -3.59. The molecule has 1 saturated heterocycles. The summed E-state index contributed by atoms with van der Waals surface area (Å²) >= 11 is 7.40. The van der Waals surface area contributed by atoms with Gasteiger partial charge in [0.15, 0.2) is 12.4 Å². The fraction of sp³-hybridized carbons (Fsp3) is 0.511. The van der Waals surface area contributed by atoms with Gasteiger partial charge >= 0.3 is 13.1 Å². The van der Waals surface area contributed by atoms with Crippen LogP contribution in [0.15, 0.2) is 66.5 Å². The van der Waals surface area contributed by atoms with Crippen molar-refractivity contribution >= 4 is 48.1 Å². The Morgan fingerprint density at radius 2 is 1.63 bits per heavy atom. The predicted octanol–water partition coefficient (Wildman–Crippen LogP) is 9.77. The van der Waals surface area contributed by atoms with Crippen LogP contribution in [0.4, 0.5) is 0 Å². The molecule has 0 amide bonds. The van der Waals surface area contributed by atoms with Gasteiger partial charge in [-0.1, -0.05) is 67.9 Å². The van der Waals surface area contributed by atoms with Gasteiger partial charge in [-0.05, 0) is 118 Å². The number of benzene rings is 2. The maximum atomic E-state index is 10.8. The molecule has 0 spiro atoms. The summed E-state index contributed by atoms with van der Waals surface area (Å²) in [6.45, 7) is 14.2. The number of fused-ring (bicyclic) bond motifs is 2. The van der Waals surface area contributed by atoms with Crippen LogP contribution in [0.1, 0.15) is 115 Å². The van der Waals surface area contributed by atoms with Crippen molar-refractivity contribution in [1.82, 2.24) is 0 Å². The van der Waals surface area contributed by atoms with Crippen LogP contribution in [0.3, 0.4) is 0 Å². The van der Waals surface area contributed by atoms with Crippen molar-refractivity contribution in [1.29, 1.82) is 0 Å². The van der Waals surface area contributed by atoms with Gasteiger partial charge in [0.25, 0.3) is 0 Å². The number of halogens is 1. The van der Waals surface area contributed by atoms with Gasteiger partial charge in [0, 0.05) is 36.1 Å². The van der Waals surface area contributed by atoms with Crippen LogP contribution >= 0.6 is 11.6 Å². The lowest BCUT2D eigenvalue weighted by molar-refractivity contribution is -0.697. The molecule has 2 heterocycles. The normalized spacial score (nSPS) is 24.1. The molecule has 1 N–H and O–H groups in total. The molecule has 6 rings (SSSR count). The number of carbonyl (C=O) groups is 1. The standard InChI is InChI=1S/C45H57BClNO6/c1-30-25-34-27-31(2)40(36(26-30)28-34)43(51-7)38-19-16-35(15-12-32-20-23-48(24-21-32)22-10-8-9-11-39(49)50)42(41(38)47)52-29-33-13-17-37(18-14-33)46-53-44(3,4)45(5,6)54-46/h12-21,23-24,30-31,34,36H,8-11,22,25-29H2,1-7H3/p+1/b15-12+,43-40-. The Bertz CT molecular complexity index is 1820. The number of carboxylic acids is 1. The van der Waals surface area contributed by atoms with Gasteiger partial charge in [0.05, 0.1) is 23.3 Å². The van der Waals surface area contributed by atoms with E-state index in [4.69, 9.17) is 35.5 Å². The molecule has 1 aliphatic heterocycles. The van der Waals surface area contributed by atoms with Gasteiger partial charge in [0.2, 0.25) is 0 Å². The largest absolute Gasteiger partial charge is 0.496 e. The number of carboxylic acid groups (broad SMARTS) is 1.